The van der Waals surface area contributed by atoms with Gasteiger partial charge in [0, 0.05) is 28.0 Å². The third-order valence-corrected chi connectivity index (χ3v) is 4.94. The number of aliphatic hydroxyl groups excluding tert-OH is 1. The Balaban J connectivity index is 2.32. The van der Waals surface area contributed by atoms with Crippen molar-refractivity contribution in [1.29, 1.82) is 0 Å². The molecule has 0 saturated carbocycles. The second-order valence-electron chi connectivity index (χ2n) is 4.84. The second-order valence-corrected chi connectivity index (χ2v) is 7.84. The fourth-order valence-electron chi connectivity index (χ4n) is 2.34. The Hall–Kier alpha value is -1.74. The van der Waals surface area contributed by atoms with Crippen molar-refractivity contribution in [2.45, 2.75) is 11.5 Å². The lowest BCUT2D eigenvalue weighted by molar-refractivity contribution is 0.276. The number of imidazole rings is 1. The van der Waals surface area contributed by atoms with E-state index < -0.39 is 37.8 Å². The highest BCUT2D eigenvalue weighted by Gasteiger charge is 2.24. The summed E-state index contributed by atoms with van der Waals surface area (Å²) in [6.07, 6.45) is 1.49. The zero-order chi connectivity index (χ0) is 17.6. The molecule has 0 aliphatic carbocycles. The predicted molar refractivity (Wildman–Crippen MR) is 84.5 cm³/mol. The average molecular weight is 393 g/mol. The monoisotopic (exact) mass is 392 g/mol. The van der Waals surface area contributed by atoms with Crippen LogP contribution < -0.4 is 0 Å². The number of nitrogens with zero attached hydrogens (tertiary/aromatic N) is 2. The highest BCUT2D eigenvalue weighted by atomic mass is 35.7. The normalized spacial score (nSPS) is 12.0. The Morgan fingerprint density at radius 1 is 1.21 bits per heavy atom. The largest absolute Gasteiger partial charge is 0.390 e. The van der Waals surface area contributed by atoms with Crippen LogP contribution in [0.1, 0.15) is 5.69 Å². The molecule has 3 aromatic rings. The molecule has 0 aliphatic heterocycles. The Morgan fingerprint density at radius 3 is 2.38 bits per heavy atom. The molecule has 5 nitrogen and oxygen atoms in total. The number of hydrogen-bond acceptors (Lipinski definition) is 4. The molecular formula is C14H8Cl2F2N2O3S. The molecule has 0 saturated heterocycles. The van der Waals surface area contributed by atoms with Gasteiger partial charge in [0.05, 0.1) is 22.8 Å². The fraction of sp³-hybridized carbons (Fsp3) is 0.0714. The van der Waals surface area contributed by atoms with Gasteiger partial charge in [-0.05, 0) is 18.2 Å². The van der Waals surface area contributed by atoms with Crippen LogP contribution in [0, 0.1) is 11.6 Å². The van der Waals surface area contributed by atoms with Crippen LogP contribution in [0.2, 0.25) is 5.02 Å². The van der Waals surface area contributed by atoms with Crippen molar-refractivity contribution in [3.05, 3.63) is 52.8 Å². The van der Waals surface area contributed by atoms with E-state index in [-0.39, 0.29) is 17.0 Å². The lowest BCUT2D eigenvalue weighted by atomic mass is 10.1. The van der Waals surface area contributed by atoms with Crippen LogP contribution in [-0.2, 0) is 15.7 Å². The highest BCUT2D eigenvalue weighted by molar-refractivity contribution is 8.13. The third-order valence-electron chi connectivity index (χ3n) is 3.37. The minimum Gasteiger partial charge on any atom is -0.390 e. The second kappa shape index (κ2) is 5.96. The summed E-state index contributed by atoms with van der Waals surface area (Å²) in [5.74, 6) is -2.34. The van der Waals surface area contributed by atoms with Gasteiger partial charge in [0.25, 0.3) is 9.05 Å². The molecule has 0 unspecified atom stereocenters. The molecule has 2 heterocycles. The maximum absolute atomic E-state index is 14.3. The summed E-state index contributed by atoms with van der Waals surface area (Å²) >= 11 is 5.86. The first-order valence-corrected chi connectivity index (χ1v) is 9.12. The van der Waals surface area contributed by atoms with Crippen molar-refractivity contribution in [1.82, 2.24) is 9.38 Å². The van der Waals surface area contributed by atoms with Gasteiger partial charge < -0.3 is 9.51 Å². The number of fused-ring (bicyclic) bond motifs is 1. The van der Waals surface area contributed by atoms with Crippen molar-refractivity contribution >= 4 is 37.0 Å². The maximum Gasteiger partial charge on any atom is 0.261 e. The summed E-state index contributed by atoms with van der Waals surface area (Å²) in [4.78, 5) is 3.38. The molecule has 0 amide bonds. The van der Waals surface area contributed by atoms with E-state index in [0.717, 1.165) is 0 Å². The molecule has 3 rings (SSSR count). The van der Waals surface area contributed by atoms with Gasteiger partial charge >= 0.3 is 0 Å². The van der Waals surface area contributed by atoms with Gasteiger partial charge in [-0.15, -0.1) is 0 Å². The summed E-state index contributed by atoms with van der Waals surface area (Å²) in [6, 6.07) is 4.17. The number of hydrogen-bond donors (Lipinski definition) is 1. The fourth-order valence-corrected chi connectivity index (χ4v) is 3.25. The summed E-state index contributed by atoms with van der Waals surface area (Å²) in [5.41, 5.74) is -0.327. The molecule has 0 fully saturated rings. The van der Waals surface area contributed by atoms with E-state index in [1.165, 1.54) is 22.7 Å². The highest BCUT2D eigenvalue weighted by Crippen LogP contribution is 2.32. The lowest BCUT2D eigenvalue weighted by Gasteiger charge is -2.06. The summed E-state index contributed by atoms with van der Waals surface area (Å²) in [7, 11) is 0.813. The number of rotatable bonds is 3. The Kier molecular flexibility index (Phi) is 4.25. The zero-order valence-corrected chi connectivity index (χ0v) is 14.0. The molecular weight excluding hydrogens is 385 g/mol. The molecule has 2 aromatic heterocycles. The first-order chi connectivity index (χ1) is 11.2. The molecule has 0 bridgehead atoms. The Morgan fingerprint density at radius 2 is 1.83 bits per heavy atom. The van der Waals surface area contributed by atoms with Gasteiger partial charge in [0.15, 0.2) is 0 Å². The standard InChI is InChI=1S/C14H8Cl2F2N2O3S/c15-7-1-2-20-11(6-21)14(19-12(20)3-7)13-9(17)4-8(5-10(13)18)24(16,22)23/h1-5,21H,6H2. The SMILES string of the molecule is O=S(=O)(Cl)c1cc(F)c(-c2nc3cc(Cl)ccn3c2CO)c(F)c1. The van der Waals surface area contributed by atoms with Crippen molar-refractivity contribution in [3.8, 4) is 11.3 Å². The van der Waals surface area contributed by atoms with Gasteiger partial charge in [0.2, 0.25) is 0 Å². The minimum absolute atomic E-state index is 0.126. The van der Waals surface area contributed by atoms with Crippen molar-refractivity contribution in [2.24, 2.45) is 0 Å². The predicted octanol–water partition coefficient (Wildman–Crippen LogP) is 3.35. The molecule has 1 aromatic carbocycles. The number of benzene rings is 1. The van der Waals surface area contributed by atoms with Crippen molar-refractivity contribution in [2.75, 3.05) is 0 Å². The summed E-state index contributed by atoms with van der Waals surface area (Å²) in [5, 5.41) is 9.90. The molecule has 0 atom stereocenters. The van der Waals surface area contributed by atoms with Gasteiger partial charge in [-0.2, -0.15) is 0 Å². The van der Waals surface area contributed by atoms with E-state index in [9.17, 15) is 22.3 Å². The maximum atomic E-state index is 14.3. The number of pyridine rings is 1. The molecule has 0 aliphatic rings. The summed E-state index contributed by atoms with van der Waals surface area (Å²) in [6.45, 7) is -0.549. The minimum atomic E-state index is -4.29. The van der Waals surface area contributed by atoms with Crippen LogP contribution in [0.5, 0.6) is 0 Å². The molecule has 1 N–H and O–H groups in total. The first-order valence-electron chi connectivity index (χ1n) is 6.44. The zero-order valence-electron chi connectivity index (χ0n) is 11.7. The molecule has 24 heavy (non-hydrogen) atoms. The van der Waals surface area contributed by atoms with Gasteiger partial charge in [0.1, 0.15) is 23.0 Å². The molecule has 10 heteroatoms. The van der Waals surface area contributed by atoms with E-state index in [4.69, 9.17) is 22.3 Å². The summed E-state index contributed by atoms with van der Waals surface area (Å²) < 4.78 is 52.6. The third kappa shape index (κ3) is 2.86. The molecule has 0 spiro atoms. The van der Waals surface area contributed by atoms with Crippen LogP contribution in [0.25, 0.3) is 16.9 Å². The van der Waals surface area contributed by atoms with Crippen LogP contribution in [-0.4, -0.2) is 22.9 Å². The number of aromatic nitrogens is 2. The van der Waals surface area contributed by atoms with Gasteiger partial charge in [-0.3, -0.25) is 0 Å². The van der Waals surface area contributed by atoms with E-state index in [0.29, 0.717) is 17.2 Å². The van der Waals surface area contributed by atoms with Crippen molar-refractivity contribution < 1.29 is 22.3 Å². The van der Waals surface area contributed by atoms with Crippen molar-refractivity contribution in [3.63, 3.8) is 0 Å². The molecule has 126 valence electrons. The smallest absolute Gasteiger partial charge is 0.261 e. The van der Waals surface area contributed by atoms with Crippen LogP contribution in [0.4, 0.5) is 8.78 Å². The van der Waals surface area contributed by atoms with Crippen LogP contribution >= 0.6 is 22.3 Å². The van der Waals surface area contributed by atoms with E-state index in [1.54, 1.807) is 0 Å². The topological polar surface area (TPSA) is 71.7 Å². The van der Waals surface area contributed by atoms with Crippen LogP contribution in [0.15, 0.2) is 35.4 Å². The number of halogens is 4. The van der Waals surface area contributed by atoms with Gasteiger partial charge in [-0.1, -0.05) is 11.6 Å². The lowest BCUT2D eigenvalue weighted by Crippen LogP contribution is -2.00. The van der Waals surface area contributed by atoms with E-state index in [2.05, 4.69) is 4.98 Å². The Labute approximate surface area is 144 Å². The van der Waals surface area contributed by atoms with Crippen LogP contribution in [0.3, 0.4) is 0 Å². The number of aliphatic hydroxyl groups is 1. The Bertz CT molecular complexity index is 1040. The molecule has 0 radical (unpaired) electrons. The average Bonchev–Trinajstić information content (AvgIpc) is 2.82. The van der Waals surface area contributed by atoms with E-state index in [1.807, 2.05) is 0 Å². The van der Waals surface area contributed by atoms with Gasteiger partial charge in [-0.25, -0.2) is 22.2 Å². The first kappa shape index (κ1) is 17.1. The van der Waals surface area contributed by atoms with E-state index >= 15 is 0 Å². The quantitative estimate of drug-likeness (QED) is 0.693.